The lowest BCUT2D eigenvalue weighted by Crippen LogP contribution is -1.97. The molecule has 0 fully saturated rings. The van der Waals surface area contributed by atoms with E-state index >= 15 is 0 Å². The number of unbranched alkanes of at least 4 members (excludes halogenated alkanes) is 1. The second-order valence-electron chi connectivity index (χ2n) is 6.38. The van der Waals surface area contributed by atoms with Gasteiger partial charge in [0.2, 0.25) is 0 Å². The van der Waals surface area contributed by atoms with Gasteiger partial charge in [-0.25, -0.2) is 4.98 Å². The maximum atomic E-state index is 9.40. The molecule has 0 spiro atoms. The van der Waals surface area contributed by atoms with Gasteiger partial charge in [-0.3, -0.25) is 0 Å². The van der Waals surface area contributed by atoms with E-state index in [-0.39, 0.29) is 11.9 Å². The van der Waals surface area contributed by atoms with Crippen LogP contribution in [0.2, 0.25) is 0 Å². The maximum Gasteiger partial charge on any atom is 0.115 e. The molecule has 3 aromatic rings. The number of aliphatic hydroxyl groups excluding tert-OH is 1. The van der Waals surface area contributed by atoms with Crippen LogP contribution in [0.4, 0.5) is 0 Å². The molecule has 0 aliphatic rings. The van der Waals surface area contributed by atoms with Gasteiger partial charge in [0.25, 0.3) is 0 Å². The van der Waals surface area contributed by atoms with Crippen LogP contribution in [0.3, 0.4) is 0 Å². The van der Waals surface area contributed by atoms with Gasteiger partial charge in [-0.05, 0) is 74.2 Å². The Morgan fingerprint density at radius 1 is 1.04 bits per heavy atom. The minimum Gasteiger partial charge on any atom is -0.508 e. The van der Waals surface area contributed by atoms with Crippen molar-refractivity contribution in [1.29, 1.82) is 0 Å². The summed E-state index contributed by atoms with van der Waals surface area (Å²) in [6.07, 6.45) is 6.87. The summed E-state index contributed by atoms with van der Waals surface area (Å²) in [6, 6.07) is 17.4. The van der Waals surface area contributed by atoms with E-state index in [1.165, 1.54) is 0 Å². The fourth-order valence-electron chi connectivity index (χ4n) is 2.79. The Hall–Kier alpha value is -2.65. The Labute approximate surface area is 148 Å². The zero-order valence-electron chi connectivity index (χ0n) is 14.4. The molecule has 0 aliphatic carbocycles. The number of aliphatic hydroxyl groups is 1. The molecule has 3 heteroatoms. The van der Waals surface area contributed by atoms with E-state index in [9.17, 15) is 10.2 Å². The Kier molecular flexibility index (Phi) is 5.46. The highest BCUT2D eigenvalue weighted by Gasteiger charge is 2.02. The monoisotopic (exact) mass is 333 g/mol. The highest BCUT2D eigenvalue weighted by Crippen LogP contribution is 2.23. The van der Waals surface area contributed by atoms with Crippen LogP contribution in [-0.4, -0.2) is 21.3 Å². The average Bonchev–Trinajstić information content (AvgIpc) is 2.61. The summed E-state index contributed by atoms with van der Waals surface area (Å²) in [5.41, 5.74) is 4.00. The summed E-state index contributed by atoms with van der Waals surface area (Å²) in [7, 11) is 0. The molecule has 0 aliphatic heterocycles. The number of rotatable bonds is 6. The number of hydrogen-bond donors (Lipinski definition) is 2. The van der Waals surface area contributed by atoms with Gasteiger partial charge < -0.3 is 10.2 Å². The molecule has 1 unspecified atom stereocenters. The zero-order valence-corrected chi connectivity index (χ0v) is 14.4. The summed E-state index contributed by atoms with van der Waals surface area (Å²) in [5, 5.41) is 19.8. The molecule has 3 rings (SSSR count). The third-order valence-corrected chi connectivity index (χ3v) is 4.18. The molecule has 0 radical (unpaired) electrons. The molecule has 1 atom stereocenters. The molecule has 0 bridgehead atoms. The number of allylic oxidation sites excluding steroid dienone is 1. The first kappa shape index (κ1) is 17.2. The largest absolute Gasteiger partial charge is 0.508 e. The normalized spacial score (nSPS) is 12.7. The number of aromatic hydroxyl groups is 1. The second-order valence-corrected chi connectivity index (χ2v) is 6.38. The van der Waals surface area contributed by atoms with Crippen LogP contribution in [0.1, 0.15) is 31.7 Å². The van der Waals surface area contributed by atoms with E-state index in [0.29, 0.717) is 0 Å². The van der Waals surface area contributed by atoms with Crippen molar-refractivity contribution in [3.8, 4) is 17.0 Å². The molecule has 3 nitrogen and oxygen atoms in total. The molecule has 0 saturated carbocycles. The molecule has 2 aromatic carbocycles. The van der Waals surface area contributed by atoms with Crippen molar-refractivity contribution in [2.45, 2.75) is 32.3 Å². The number of benzene rings is 2. The topological polar surface area (TPSA) is 53.4 Å². The van der Waals surface area contributed by atoms with Gasteiger partial charge >= 0.3 is 0 Å². The quantitative estimate of drug-likeness (QED) is 0.612. The van der Waals surface area contributed by atoms with Crippen molar-refractivity contribution < 1.29 is 10.2 Å². The number of aromatic nitrogens is 1. The Morgan fingerprint density at radius 2 is 1.84 bits per heavy atom. The van der Waals surface area contributed by atoms with E-state index < -0.39 is 0 Å². The third-order valence-electron chi connectivity index (χ3n) is 4.18. The van der Waals surface area contributed by atoms with E-state index in [0.717, 1.165) is 47.0 Å². The highest BCUT2D eigenvalue weighted by molar-refractivity contribution is 5.83. The van der Waals surface area contributed by atoms with Gasteiger partial charge in [0.1, 0.15) is 5.75 Å². The molecular formula is C22H23NO2. The van der Waals surface area contributed by atoms with Crippen molar-refractivity contribution in [2.24, 2.45) is 0 Å². The van der Waals surface area contributed by atoms with Crippen LogP contribution in [0.25, 0.3) is 28.2 Å². The van der Waals surface area contributed by atoms with Crippen molar-refractivity contribution in [1.82, 2.24) is 4.98 Å². The molecular weight excluding hydrogens is 310 g/mol. The number of pyridine rings is 1. The van der Waals surface area contributed by atoms with Crippen molar-refractivity contribution in [3.05, 3.63) is 66.2 Å². The van der Waals surface area contributed by atoms with Crippen LogP contribution in [-0.2, 0) is 0 Å². The molecule has 1 heterocycles. The Morgan fingerprint density at radius 3 is 2.60 bits per heavy atom. The van der Waals surface area contributed by atoms with Crippen LogP contribution in [0.15, 0.2) is 60.7 Å². The second kappa shape index (κ2) is 7.95. The number of hydrogen-bond acceptors (Lipinski definition) is 3. The summed E-state index contributed by atoms with van der Waals surface area (Å²) in [6.45, 7) is 1.83. The number of fused-ring (bicyclic) bond motifs is 1. The summed E-state index contributed by atoms with van der Waals surface area (Å²) in [4.78, 5) is 4.71. The van der Waals surface area contributed by atoms with E-state index in [1.807, 2.05) is 31.2 Å². The summed E-state index contributed by atoms with van der Waals surface area (Å²) < 4.78 is 0. The number of phenols is 1. The van der Waals surface area contributed by atoms with Crippen molar-refractivity contribution in [3.63, 3.8) is 0 Å². The van der Waals surface area contributed by atoms with Gasteiger partial charge in [0, 0.05) is 10.9 Å². The maximum absolute atomic E-state index is 9.40. The van der Waals surface area contributed by atoms with E-state index in [1.54, 1.807) is 12.1 Å². The van der Waals surface area contributed by atoms with Gasteiger partial charge in [-0.1, -0.05) is 24.3 Å². The predicted octanol–water partition coefficient (Wildman–Crippen LogP) is 5.17. The fraction of sp³-hybridized carbons (Fsp3) is 0.227. The Bertz CT molecular complexity index is 867. The highest BCUT2D eigenvalue weighted by atomic mass is 16.3. The van der Waals surface area contributed by atoms with Gasteiger partial charge in [0.05, 0.1) is 17.3 Å². The zero-order chi connectivity index (χ0) is 17.6. The molecule has 128 valence electrons. The fourth-order valence-corrected chi connectivity index (χ4v) is 2.79. The van der Waals surface area contributed by atoms with Crippen LogP contribution in [0.5, 0.6) is 5.75 Å². The summed E-state index contributed by atoms with van der Waals surface area (Å²) >= 11 is 0. The van der Waals surface area contributed by atoms with E-state index in [4.69, 9.17) is 4.98 Å². The van der Waals surface area contributed by atoms with Crippen molar-refractivity contribution >= 4 is 17.0 Å². The number of nitrogens with zero attached hydrogens (tertiary/aromatic N) is 1. The first-order chi connectivity index (χ1) is 12.1. The van der Waals surface area contributed by atoms with Crippen molar-refractivity contribution in [2.75, 3.05) is 0 Å². The molecule has 0 saturated heterocycles. The van der Waals surface area contributed by atoms with Gasteiger partial charge in [-0.2, -0.15) is 0 Å². The smallest absolute Gasteiger partial charge is 0.115 e. The van der Waals surface area contributed by atoms with Gasteiger partial charge in [0.15, 0.2) is 0 Å². The predicted molar refractivity (Wildman–Crippen MR) is 103 cm³/mol. The van der Waals surface area contributed by atoms with Crippen LogP contribution >= 0.6 is 0 Å². The van der Waals surface area contributed by atoms with Gasteiger partial charge in [-0.15, -0.1) is 0 Å². The molecule has 25 heavy (non-hydrogen) atoms. The average molecular weight is 333 g/mol. The van der Waals surface area contributed by atoms with Crippen LogP contribution in [0, 0.1) is 0 Å². The first-order valence-electron chi connectivity index (χ1n) is 8.66. The van der Waals surface area contributed by atoms with E-state index in [2.05, 4.69) is 30.4 Å². The SMILES string of the molecule is CC(O)CCCC=Cc1ccc2nc(-c3ccc(O)cc3)ccc2c1. The molecule has 0 amide bonds. The van der Waals surface area contributed by atoms with Crippen LogP contribution < -0.4 is 0 Å². The standard InChI is InChI=1S/C22H23NO2/c1-16(24)5-3-2-4-6-17-7-13-22-19(15-17)10-14-21(23-22)18-8-11-20(25)12-9-18/h4,6-16,24-25H,2-3,5H2,1H3. The lowest BCUT2D eigenvalue weighted by atomic mass is 10.1. The summed E-state index contributed by atoms with van der Waals surface area (Å²) in [5.74, 6) is 0.259. The molecule has 2 N–H and O–H groups in total. The lowest BCUT2D eigenvalue weighted by Gasteiger charge is -2.05. The number of phenolic OH excluding ortho intramolecular Hbond substituents is 1. The lowest BCUT2D eigenvalue weighted by molar-refractivity contribution is 0.182. The minimum absolute atomic E-state index is 0.220. The minimum atomic E-state index is -0.220. The first-order valence-corrected chi connectivity index (χ1v) is 8.66. The Balaban J connectivity index is 1.74. The molecule has 1 aromatic heterocycles. The third kappa shape index (κ3) is 4.68.